The number of rotatable bonds is 10. The summed E-state index contributed by atoms with van der Waals surface area (Å²) in [5, 5.41) is 0. The minimum Gasteiger partial charge on any atom is -0.494 e. The predicted octanol–water partition coefficient (Wildman–Crippen LogP) is 5.95. The molecule has 2 aliphatic rings. The molecule has 3 aromatic carbocycles. The number of ether oxygens (including phenoxy) is 3. The molecule has 0 radical (unpaired) electrons. The van der Waals surface area contributed by atoms with Gasteiger partial charge in [0, 0.05) is 38.3 Å². The standard InChI is InChI=1S/C33H40N2O4/c1-24(2)30-20-31(25(3)18-32(30)39-23-26-8-5-4-6-9-26)33(36)35-21-27-10-11-29(19-28(27)22-35)38-15-7-12-34-13-16-37-17-14-34/h4-6,8-11,18-20,24H,7,12-17,21-23H2,1-3H3. The molecule has 0 aliphatic carbocycles. The van der Waals surface area contributed by atoms with Gasteiger partial charge in [0.2, 0.25) is 0 Å². The Hall–Kier alpha value is -3.35. The summed E-state index contributed by atoms with van der Waals surface area (Å²) in [5.74, 6) is 2.03. The maximum atomic E-state index is 13.7. The zero-order chi connectivity index (χ0) is 27.2. The maximum Gasteiger partial charge on any atom is 0.254 e. The van der Waals surface area contributed by atoms with Gasteiger partial charge in [-0.1, -0.05) is 50.2 Å². The molecule has 6 nitrogen and oxygen atoms in total. The molecular formula is C33H40N2O4. The number of aryl methyl sites for hydroxylation is 1. The van der Waals surface area contributed by atoms with Crippen LogP contribution in [0.4, 0.5) is 0 Å². The lowest BCUT2D eigenvalue weighted by Gasteiger charge is -2.26. The number of carbonyl (C=O) groups is 1. The van der Waals surface area contributed by atoms with E-state index >= 15 is 0 Å². The number of hydrogen-bond acceptors (Lipinski definition) is 5. The first-order chi connectivity index (χ1) is 19.0. The molecular weight excluding hydrogens is 488 g/mol. The van der Waals surface area contributed by atoms with Crippen molar-refractivity contribution in [3.8, 4) is 11.5 Å². The topological polar surface area (TPSA) is 51.2 Å². The molecule has 2 aliphatic heterocycles. The van der Waals surface area contributed by atoms with Crippen molar-refractivity contribution in [2.24, 2.45) is 0 Å². The Kier molecular flexibility index (Phi) is 8.84. The lowest BCUT2D eigenvalue weighted by molar-refractivity contribution is 0.0358. The first-order valence-corrected chi connectivity index (χ1v) is 14.1. The van der Waals surface area contributed by atoms with Crippen LogP contribution in [0.2, 0.25) is 0 Å². The summed E-state index contributed by atoms with van der Waals surface area (Å²) in [6.45, 7) is 13.4. The zero-order valence-electron chi connectivity index (χ0n) is 23.4. The Morgan fingerprint density at radius 2 is 1.72 bits per heavy atom. The largest absolute Gasteiger partial charge is 0.494 e. The molecule has 0 spiro atoms. The van der Waals surface area contributed by atoms with E-state index in [2.05, 4.69) is 43.0 Å². The van der Waals surface area contributed by atoms with Crippen molar-refractivity contribution < 1.29 is 19.0 Å². The van der Waals surface area contributed by atoms with Crippen LogP contribution in [0.25, 0.3) is 0 Å². The van der Waals surface area contributed by atoms with Crippen LogP contribution in [-0.2, 0) is 24.4 Å². The lowest BCUT2D eigenvalue weighted by atomic mass is 9.95. The minimum absolute atomic E-state index is 0.0631. The Morgan fingerprint density at radius 3 is 2.49 bits per heavy atom. The molecule has 206 valence electrons. The van der Waals surface area contributed by atoms with Gasteiger partial charge >= 0.3 is 0 Å². The van der Waals surface area contributed by atoms with Crippen LogP contribution >= 0.6 is 0 Å². The lowest BCUT2D eigenvalue weighted by Crippen LogP contribution is -2.37. The van der Waals surface area contributed by atoms with E-state index in [9.17, 15) is 4.79 Å². The summed E-state index contributed by atoms with van der Waals surface area (Å²) in [4.78, 5) is 18.0. The van der Waals surface area contributed by atoms with E-state index in [0.29, 0.717) is 26.3 Å². The van der Waals surface area contributed by atoms with Crippen LogP contribution in [0.5, 0.6) is 11.5 Å². The van der Waals surface area contributed by atoms with E-state index in [0.717, 1.165) is 73.0 Å². The van der Waals surface area contributed by atoms with Gasteiger partial charge in [-0.15, -0.1) is 0 Å². The molecule has 0 atom stereocenters. The quantitative estimate of drug-likeness (QED) is 0.304. The summed E-state index contributed by atoms with van der Waals surface area (Å²) in [5.41, 5.74) is 6.22. The number of amides is 1. The van der Waals surface area contributed by atoms with Crippen molar-refractivity contribution in [3.63, 3.8) is 0 Å². The second-order valence-electron chi connectivity index (χ2n) is 10.9. The fourth-order valence-corrected chi connectivity index (χ4v) is 5.32. The molecule has 0 bridgehead atoms. The molecule has 0 saturated carbocycles. The van der Waals surface area contributed by atoms with Gasteiger partial charge in [-0.2, -0.15) is 0 Å². The third-order valence-corrected chi connectivity index (χ3v) is 7.62. The van der Waals surface area contributed by atoms with Gasteiger partial charge < -0.3 is 19.1 Å². The molecule has 0 N–H and O–H groups in total. The number of nitrogens with zero attached hydrogens (tertiary/aromatic N) is 2. The first kappa shape index (κ1) is 27.2. The predicted molar refractivity (Wildman–Crippen MR) is 153 cm³/mol. The Balaban J connectivity index is 1.21. The van der Waals surface area contributed by atoms with Crippen LogP contribution < -0.4 is 9.47 Å². The van der Waals surface area contributed by atoms with Gasteiger partial charge in [-0.3, -0.25) is 9.69 Å². The first-order valence-electron chi connectivity index (χ1n) is 14.1. The Bertz CT molecular complexity index is 1270. The van der Waals surface area contributed by atoms with E-state index in [1.807, 2.05) is 48.2 Å². The highest BCUT2D eigenvalue weighted by atomic mass is 16.5. The Morgan fingerprint density at radius 1 is 0.949 bits per heavy atom. The molecule has 0 aromatic heterocycles. The van der Waals surface area contributed by atoms with Crippen molar-refractivity contribution in [1.29, 1.82) is 0 Å². The van der Waals surface area contributed by atoms with Gasteiger partial charge in [-0.25, -0.2) is 0 Å². The fourth-order valence-electron chi connectivity index (χ4n) is 5.32. The highest BCUT2D eigenvalue weighted by Gasteiger charge is 2.27. The number of morpholine rings is 1. The van der Waals surface area contributed by atoms with E-state index in [1.54, 1.807) is 0 Å². The van der Waals surface area contributed by atoms with Crippen molar-refractivity contribution >= 4 is 5.91 Å². The third-order valence-electron chi connectivity index (χ3n) is 7.62. The zero-order valence-corrected chi connectivity index (χ0v) is 23.4. The van der Waals surface area contributed by atoms with E-state index in [1.165, 1.54) is 11.1 Å². The van der Waals surface area contributed by atoms with Gasteiger partial charge in [-0.05, 0) is 71.3 Å². The molecule has 39 heavy (non-hydrogen) atoms. The second-order valence-corrected chi connectivity index (χ2v) is 10.9. The number of benzene rings is 3. The van der Waals surface area contributed by atoms with Crippen LogP contribution in [0.1, 0.15) is 64.4 Å². The van der Waals surface area contributed by atoms with Gasteiger partial charge in [0.05, 0.1) is 19.8 Å². The van der Waals surface area contributed by atoms with E-state index in [4.69, 9.17) is 14.2 Å². The van der Waals surface area contributed by atoms with Crippen LogP contribution in [0.15, 0.2) is 60.7 Å². The summed E-state index contributed by atoms with van der Waals surface area (Å²) in [6, 6.07) is 20.5. The van der Waals surface area contributed by atoms with Crippen molar-refractivity contribution in [2.45, 2.75) is 52.8 Å². The van der Waals surface area contributed by atoms with Crippen molar-refractivity contribution in [2.75, 3.05) is 39.5 Å². The monoisotopic (exact) mass is 528 g/mol. The highest BCUT2D eigenvalue weighted by Crippen LogP contribution is 2.33. The smallest absolute Gasteiger partial charge is 0.254 e. The molecule has 1 amide bonds. The fraction of sp³-hybridized carbons (Fsp3) is 0.424. The normalized spacial score (nSPS) is 15.4. The second kappa shape index (κ2) is 12.7. The average Bonchev–Trinajstić information content (AvgIpc) is 3.38. The minimum atomic E-state index is 0.0631. The molecule has 0 unspecified atom stereocenters. The summed E-state index contributed by atoms with van der Waals surface area (Å²) in [6.07, 6.45) is 0.990. The van der Waals surface area contributed by atoms with Crippen LogP contribution in [-0.4, -0.2) is 55.2 Å². The van der Waals surface area contributed by atoms with Gasteiger partial charge in [0.1, 0.15) is 18.1 Å². The van der Waals surface area contributed by atoms with Crippen LogP contribution in [0, 0.1) is 6.92 Å². The molecule has 1 saturated heterocycles. The number of carbonyl (C=O) groups excluding carboxylic acids is 1. The molecule has 2 heterocycles. The highest BCUT2D eigenvalue weighted by molar-refractivity contribution is 5.96. The summed E-state index contributed by atoms with van der Waals surface area (Å²) < 4.78 is 17.7. The molecule has 1 fully saturated rings. The van der Waals surface area contributed by atoms with Crippen molar-refractivity contribution in [3.05, 3.63) is 94.0 Å². The molecule has 3 aromatic rings. The summed E-state index contributed by atoms with van der Waals surface area (Å²) >= 11 is 0. The number of fused-ring (bicyclic) bond motifs is 1. The molecule has 6 heteroatoms. The maximum absolute atomic E-state index is 13.7. The third kappa shape index (κ3) is 6.81. The van der Waals surface area contributed by atoms with E-state index in [-0.39, 0.29) is 11.8 Å². The van der Waals surface area contributed by atoms with Gasteiger partial charge in [0.25, 0.3) is 5.91 Å². The van der Waals surface area contributed by atoms with E-state index < -0.39 is 0 Å². The van der Waals surface area contributed by atoms with Crippen molar-refractivity contribution in [1.82, 2.24) is 9.80 Å². The summed E-state index contributed by atoms with van der Waals surface area (Å²) in [7, 11) is 0. The SMILES string of the molecule is Cc1cc(OCc2ccccc2)c(C(C)C)cc1C(=O)N1Cc2ccc(OCCCN3CCOCC3)cc2C1. The number of hydrogen-bond donors (Lipinski definition) is 0. The Labute approximate surface area is 232 Å². The molecule has 5 rings (SSSR count). The average molecular weight is 529 g/mol. The van der Waals surface area contributed by atoms with Gasteiger partial charge in [0.15, 0.2) is 0 Å². The van der Waals surface area contributed by atoms with Crippen LogP contribution in [0.3, 0.4) is 0 Å².